The SMILES string of the molecule is CCc1cc(OC)ccc1CN1CC2CCCC(C1)N2.Cl. The number of benzene rings is 1. The van der Waals surface area contributed by atoms with E-state index in [2.05, 4.69) is 35.3 Å². The highest BCUT2D eigenvalue weighted by molar-refractivity contribution is 5.85. The fraction of sp³-hybridized carbons (Fsp3) is 0.647. The smallest absolute Gasteiger partial charge is 0.119 e. The number of likely N-dealkylation sites (tertiary alicyclic amines) is 1. The number of piperidine rings is 1. The van der Waals surface area contributed by atoms with Gasteiger partial charge in [0.05, 0.1) is 7.11 Å². The maximum atomic E-state index is 5.34. The number of hydrogen-bond acceptors (Lipinski definition) is 3. The molecule has 2 heterocycles. The van der Waals surface area contributed by atoms with E-state index in [1.807, 2.05) is 0 Å². The van der Waals surface area contributed by atoms with Crippen LogP contribution in [0.4, 0.5) is 0 Å². The third-order valence-electron chi connectivity index (χ3n) is 4.72. The van der Waals surface area contributed by atoms with Crippen LogP contribution in [0.25, 0.3) is 0 Å². The van der Waals surface area contributed by atoms with Crippen molar-refractivity contribution >= 4 is 12.4 Å². The molecule has 0 spiro atoms. The maximum absolute atomic E-state index is 5.34. The van der Waals surface area contributed by atoms with Gasteiger partial charge in [0.25, 0.3) is 0 Å². The summed E-state index contributed by atoms with van der Waals surface area (Å²) in [5, 5.41) is 3.75. The second kappa shape index (κ2) is 7.48. The summed E-state index contributed by atoms with van der Waals surface area (Å²) in [6.45, 7) is 5.71. The molecule has 0 aromatic heterocycles. The first-order valence-corrected chi connectivity index (χ1v) is 7.92. The van der Waals surface area contributed by atoms with Gasteiger partial charge in [-0.15, -0.1) is 12.4 Å². The van der Waals surface area contributed by atoms with Crippen LogP contribution in [0.5, 0.6) is 5.75 Å². The molecule has 2 aliphatic heterocycles. The molecule has 2 unspecified atom stereocenters. The summed E-state index contributed by atoms with van der Waals surface area (Å²) in [4.78, 5) is 2.63. The molecule has 2 bridgehead atoms. The van der Waals surface area contributed by atoms with Crippen molar-refractivity contribution in [2.45, 2.75) is 51.2 Å². The van der Waals surface area contributed by atoms with E-state index in [0.717, 1.165) is 18.7 Å². The Labute approximate surface area is 134 Å². The summed E-state index contributed by atoms with van der Waals surface area (Å²) in [6.07, 6.45) is 5.16. The normalized spacial score (nSPS) is 25.2. The van der Waals surface area contributed by atoms with Crippen LogP contribution in [-0.4, -0.2) is 37.2 Å². The lowest BCUT2D eigenvalue weighted by Gasteiger charge is -2.42. The van der Waals surface area contributed by atoms with Crippen molar-refractivity contribution in [3.05, 3.63) is 29.3 Å². The molecule has 4 heteroatoms. The van der Waals surface area contributed by atoms with Crippen LogP contribution in [-0.2, 0) is 13.0 Å². The number of nitrogens with zero attached hydrogens (tertiary/aromatic N) is 1. The number of rotatable bonds is 4. The Morgan fingerprint density at radius 2 is 1.90 bits per heavy atom. The maximum Gasteiger partial charge on any atom is 0.119 e. The first-order valence-electron chi connectivity index (χ1n) is 7.92. The van der Waals surface area contributed by atoms with Gasteiger partial charge >= 0.3 is 0 Å². The van der Waals surface area contributed by atoms with Crippen LogP contribution < -0.4 is 10.1 Å². The minimum atomic E-state index is 0. The Morgan fingerprint density at radius 1 is 1.19 bits per heavy atom. The van der Waals surface area contributed by atoms with Crippen LogP contribution in [0.3, 0.4) is 0 Å². The van der Waals surface area contributed by atoms with E-state index in [-0.39, 0.29) is 12.4 Å². The molecule has 21 heavy (non-hydrogen) atoms. The molecule has 1 aromatic rings. The van der Waals surface area contributed by atoms with Crippen molar-refractivity contribution < 1.29 is 4.74 Å². The van der Waals surface area contributed by atoms with Crippen LogP contribution in [0, 0.1) is 0 Å². The van der Waals surface area contributed by atoms with E-state index < -0.39 is 0 Å². The van der Waals surface area contributed by atoms with Crippen LogP contribution in [0.2, 0.25) is 0 Å². The van der Waals surface area contributed by atoms with E-state index in [9.17, 15) is 0 Å². The van der Waals surface area contributed by atoms with Gasteiger partial charge in [-0.3, -0.25) is 4.90 Å². The van der Waals surface area contributed by atoms with E-state index in [1.165, 1.54) is 43.5 Å². The Morgan fingerprint density at radius 3 is 2.52 bits per heavy atom. The average Bonchev–Trinajstić information content (AvgIpc) is 2.47. The van der Waals surface area contributed by atoms with Crippen LogP contribution in [0.1, 0.15) is 37.3 Å². The highest BCUT2D eigenvalue weighted by atomic mass is 35.5. The molecule has 0 aliphatic carbocycles. The van der Waals surface area contributed by atoms with Gasteiger partial charge in [-0.05, 0) is 42.5 Å². The lowest BCUT2D eigenvalue weighted by atomic mass is 9.93. The molecule has 3 rings (SSSR count). The molecular formula is C17H27ClN2O. The highest BCUT2D eigenvalue weighted by Crippen LogP contribution is 2.24. The number of hydrogen-bond donors (Lipinski definition) is 1. The zero-order valence-corrected chi connectivity index (χ0v) is 13.9. The largest absolute Gasteiger partial charge is 0.497 e. The molecule has 2 saturated heterocycles. The fourth-order valence-corrected chi connectivity index (χ4v) is 3.68. The molecule has 118 valence electrons. The highest BCUT2D eigenvalue weighted by Gasteiger charge is 2.29. The summed E-state index contributed by atoms with van der Waals surface area (Å²) in [6, 6.07) is 7.96. The summed E-state index contributed by atoms with van der Waals surface area (Å²) < 4.78 is 5.34. The average molecular weight is 311 g/mol. The van der Waals surface area contributed by atoms with Crippen LogP contribution >= 0.6 is 12.4 Å². The van der Waals surface area contributed by atoms with Crippen LogP contribution in [0.15, 0.2) is 18.2 Å². The quantitative estimate of drug-likeness (QED) is 0.925. The minimum absolute atomic E-state index is 0. The van der Waals surface area contributed by atoms with E-state index in [1.54, 1.807) is 7.11 Å². The van der Waals surface area contributed by atoms with Gasteiger partial charge in [0, 0.05) is 31.7 Å². The van der Waals surface area contributed by atoms with Gasteiger partial charge in [-0.1, -0.05) is 19.4 Å². The third kappa shape index (κ3) is 3.91. The molecule has 1 aromatic carbocycles. The number of fused-ring (bicyclic) bond motifs is 2. The summed E-state index contributed by atoms with van der Waals surface area (Å²) in [5.41, 5.74) is 2.89. The number of piperazine rings is 1. The molecule has 0 radical (unpaired) electrons. The number of methoxy groups -OCH3 is 1. The molecule has 0 amide bonds. The number of ether oxygens (including phenoxy) is 1. The summed E-state index contributed by atoms with van der Waals surface area (Å²) >= 11 is 0. The topological polar surface area (TPSA) is 24.5 Å². The van der Waals surface area contributed by atoms with Gasteiger partial charge in [-0.2, -0.15) is 0 Å². The Balaban J connectivity index is 0.00000161. The number of nitrogens with one attached hydrogen (secondary N) is 1. The number of aryl methyl sites for hydroxylation is 1. The van der Waals surface area contributed by atoms with E-state index in [0.29, 0.717) is 12.1 Å². The Bertz CT molecular complexity index is 454. The van der Waals surface area contributed by atoms with Crippen molar-refractivity contribution in [3.63, 3.8) is 0 Å². The first kappa shape index (κ1) is 16.6. The number of halogens is 1. The van der Waals surface area contributed by atoms with Crippen molar-refractivity contribution in [2.24, 2.45) is 0 Å². The fourth-order valence-electron chi connectivity index (χ4n) is 3.68. The Hall–Kier alpha value is -0.770. The molecule has 2 atom stereocenters. The lowest BCUT2D eigenvalue weighted by molar-refractivity contribution is 0.119. The molecule has 2 aliphatic rings. The molecule has 2 fully saturated rings. The van der Waals surface area contributed by atoms with Gasteiger partial charge < -0.3 is 10.1 Å². The third-order valence-corrected chi connectivity index (χ3v) is 4.72. The van der Waals surface area contributed by atoms with Crippen molar-refractivity contribution in [3.8, 4) is 5.75 Å². The second-order valence-electron chi connectivity index (χ2n) is 6.17. The minimum Gasteiger partial charge on any atom is -0.497 e. The molecule has 1 N–H and O–H groups in total. The van der Waals surface area contributed by atoms with Gasteiger partial charge in [0.2, 0.25) is 0 Å². The van der Waals surface area contributed by atoms with Crippen molar-refractivity contribution in [2.75, 3.05) is 20.2 Å². The van der Waals surface area contributed by atoms with Gasteiger partial charge in [0.1, 0.15) is 5.75 Å². The standard InChI is InChI=1S/C17H26N2O.ClH/c1-3-13-9-17(20-2)8-7-14(13)10-19-11-15-5-4-6-16(12-19)18-15;/h7-9,15-16,18H,3-6,10-12H2,1-2H3;1H. The Kier molecular flexibility index (Phi) is 5.91. The van der Waals surface area contributed by atoms with Crippen molar-refractivity contribution in [1.82, 2.24) is 10.2 Å². The van der Waals surface area contributed by atoms with Gasteiger partial charge in [0.15, 0.2) is 0 Å². The van der Waals surface area contributed by atoms with E-state index >= 15 is 0 Å². The molecular weight excluding hydrogens is 284 g/mol. The monoisotopic (exact) mass is 310 g/mol. The predicted octanol–water partition coefficient (Wildman–Crippen LogP) is 3.01. The zero-order chi connectivity index (χ0) is 13.9. The summed E-state index contributed by atoms with van der Waals surface area (Å²) in [5.74, 6) is 0.975. The molecule has 3 nitrogen and oxygen atoms in total. The second-order valence-corrected chi connectivity index (χ2v) is 6.17. The van der Waals surface area contributed by atoms with Gasteiger partial charge in [-0.25, -0.2) is 0 Å². The summed E-state index contributed by atoms with van der Waals surface area (Å²) in [7, 11) is 1.74. The molecule has 0 saturated carbocycles. The van der Waals surface area contributed by atoms with Crippen molar-refractivity contribution in [1.29, 1.82) is 0 Å². The zero-order valence-electron chi connectivity index (χ0n) is 13.1. The van der Waals surface area contributed by atoms with E-state index in [4.69, 9.17) is 4.74 Å². The lowest BCUT2D eigenvalue weighted by Crippen LogP contribution is -2.58. The first-order chi connectivity index (χ1) is 9.78. The predicted molar refractivity (Wildman–Crippen MR) is 89.5 cm³/mol.